The van der Waals surface area contributed by atoms with Crippen LogP contribution in [-0.2, 0) is 0 Å². The maximum atomic E-state index is 11.9. The summed E-state index contributed by atoms with van der Waals surface area (Å²) in [7, 11) is 0. The maximum absolute atomic E-state index is 11.9. The molecule has 0 aliphatic rings. The van der Waals surface area contributed by atoms with Crippen LogP contribution in [-0.4, -0.2) is 20.4 Å². The number of benzene rings is 1. The lowest BCUT2D eigenvalue weighted by Gasteiger charge is -2.04. The van der Waals surface area contributed by atoms with Crippen molar-refractivity contribution in [3.05, 3.63) is 50.7 Å². The van der Waals surface area contributed by atoms with Gasteiger partial charge in [0.2, 0.25) is 0 Å². The molecule has 0 bridgehead atoms. The predicted octanol–water partition coefficient (Wildman–Crippen LogP) is 3.67. The van der Waals surface area contributed by atoms with Crippen LogP contribution in [0.15, 0.2) is 39.6 Å². The topological polar surface area (TPSA) is 71.5 Å². The fourth-order valence-corrected chi connectivity index (χ4v) is 3.79. The van der Waals surface area contributed by atoms with Crippen LogP contribution < -0.4 is 5.56 Å². The van der Waals surface area contributed by atoms with Gasteiger partial charge in [-0.25, -0.2) is 10.1 Å². The normalized spacial score (nSPS) is 11.4. The van der Waals surface area contributed by atoms with Crippen LogP contribution in [0.4, 0.5) is 0 Å². The molecule has 4 rings (SSSR count). The Morgan fingerprint density at radius 1 is 1.23 bits per heavy atom. The molecule has 5 nitrogen and oxygen atoms in total. The molecule has 0 saturated carbocycles. The van der Waals surface area contributed by atoms with Gasteiger partial charge in [0.1, 0.15) is 15.0 Å². The van der Waals surface area contributed by atoms with Crippen LogP contribution in [0, 0.1) is 6.92 Å². The van der Waals surface area contributed by atoms with E-state index in [0.29, 0.717) is 10.2 Å². The Morgan fingerprint density at radius 3 is 2.77 bits per heavy atom. The van der Waals surface area contributed by atoms with E-state index in [9.17, 15) is 4.79 Å². The number of halogens is 1. The lowest BCUT2D eigenvalue weighted by Crippen LogP contribution is -2.07. The predicted molar refractivity (Wildman–Crippen MR) is 91.2 cm³/mol. The Labute approximate surface area is 137 Å². The van der Waals surface area contributed by atoms with Gasteiger partial charge < -0.3 is 0 Å². The van der Waals surface area contributed by atoms with Gasteiger partial charge in [-0.15, -0.1) is 16.4 Å². The average molecular weight is 373 g/mol. The molecule has 0 saturated heterocycles. The molecule has 108 valence electrons. The van der Waals surface area contributed by atoms with Crippen molar-refractivity contribution in [1.82, 2.24) is 20.4 Å². The largest absolute Gasteiger partial charge is 0.285 e. The van der Waals surface area contributed by atoms with Crippen LogP contribution in [0.1, 0.15) is 5.56 Å². The Balaban J connectivity index is 2.04. The van der Waals surface area contributed by atoms with E-state index in [1.165, 1.54) is 11.3 Å². The summed E-state index contributed by atoms with van der Waals surface area (Å²) < 4.78 is 1.59. The Morgan fingerprint density at radius 2 is 2.00 bits per heavy atom. The standard InChI is InChI=1S/C15H9BrN4OS/c1-7-6-10(8-2-4-9(16)5-3-8)17-15-11(7)12-13(22-15)14(21)19-20-18-12/h2-6H,1H3,(H,18,19,21). The van der Waals surface area contributed by atoms with Gasteiger partial charge in [-0.2, -0.15) is 0 Å². The number of aromatic amines is 1. The zero-order chi connectivity index (χ0) is 15.3. The second-order valence-corrected chi connectivity index (χ2v) is 6.85. The molecule has 1 aromatic carbocycles. The lowest BCUT2D eigenvalue weighted by atomic mass is 10.1. The first-order valence-electron chi connectivity index (χ1n) is 6.54. The summed E-state index contributed by atoms with van der Waals surface area (Å²) in [5, 5.41) is 11.0. The van der Waals surface area contributed by atoms with Crippen molar-refractivity contribution in [3.63, 3.8) is 0 Å². The molecule has 22 heavy (non-hydrogen) atoms. The number of nitrogens with one attached hydrogen (secondary N) is 1. The molecule has 3 aromatic heterocycles. The highest BCUT2D eigenvalue weighted by atomic mass is 79.9. The number of H-pyrrole nitrogens is 1. The molecule has 0 atom stereocenters. The molecule has 0 aliphatic heterocycles. The van der Waals surface area contributed by atoms with Crippen molar-refractivity contribution < 1.29 is 0 Å². The molecule has 3 heterocycles. The first-order chi connectivity index (χ1) is 10.6. The number of pyridine rings is 1. The van der Waals surface area contributed by atoms with Gasteiger partial charge in [-0.05, 0) is 30.7 Å². The fraction of sp³-hybridized carbons (Fsp3) is 0.0667. The third kappa shape index (κ3) is 2.05. The first kappa shape index (κ1) is 13.5. The van der Waals surface area contributed by atoms with Crippen LogP contribution in [0.25, 0.3) is 31.7 Å². The molecule has 0 spiro atoms. The van der Waals surface area contributed by atoms with Gasteiger partial charge in [0.15, 0.2) is 0 Å². The quantitative estimate of drug-likeness (QED) is 0.553. The summed E-state index contributed by atoms with van der Waals surface area (Å²) in [6.07, 6.45) is 0. The summed E-state index contributed by atoms with van der Waals surface area (Å²) in [5.41, 5.74) is 3.35. The molecule has 7 heteroatoms. The highest BCUT2D eigenvalue weighted by Crippen LogP contribution is 2.33. The SMILES string of the molecule is Cc1cc(-c2ccc(Br)cc2)nc2sc3c(=O)[nH]nnc3c12. The van der Waals surface area contributed by atoms with E-state index in [0.717, 1.165) is 31.5 Å². The molecule has 0 radical (unpaired) electrons. The van der Waals surface area contributed by atoms with E-state index in [1.807, 2.05) is 37.3 Å². The Hall–Kier alpha value is -2.12. The van der Waals surface area contributed by atoms with Crippen molar-refractivity contribution in [2.75, 3.05) is 0 Å². The smallest absolute Gasteiger partial charge is 0.266 e. The van der Waals surface area contributed by atoms with Gasteiger partial charge in [0, 0.05) is 15.4 Å². The van der Waals surface area contributed by atoms with Gasteiger partial charge in [0.05, 0.1) is 5.69 Å². The summed E-state index contributed by atoms with van der Waals surface area (Å²) in [6, 6.07) is 10.0. The second-order valence-electron chi connectivity index (χ2n) is 4.93. The zero-order valence-corrected chi connectivity index (χ0v) is 13.8. The Kier molecular flexibility index (Phi) is 3.05. The van der Waals surface area contributed by atoms with Crippen LogP contribution >= 0.6 is 27.3 Å². The third-order valence-electron chi connectivity index (χ3n) is 3.48. The van der Waals surface area contributed by atoms with Crippen molar-refractivity contribution in [3.8, 4) is 11.3 Å². The highest BCUT2D eigenvalue weighted by Gasteiger charge is 2.14. The van der Waals surface area contributed by atoms with Gasteiger partial charge in [-0.3, -0.25) is 4.79 Å². The summed E-state index contributed by atoms with van der Waals surface area (Å²) >= 11 is 4.78. The summed E-state index contributed by atoms with van der Waals surface area (Å²) in [4.78, 5) is 17.4. The third-order valence-corrected chi connectivity index (χ3v) is 5.08. The van der Waals surface area contributed by atoms with Gasteiger partial charge in [-0.1, -0.05) is 33.3 Å². The monoisotopic (exact) mass is 372 g/mol. The van der Waals surface area contributed by atoms with Crippen LogP contribution in [0.5, 0.6) is 0 Å². The van der Waals surface area contributed by atoms with Crippen molar-refractivity contribution in [2.45, 2.75) is 6.92 Å². The van der Waals surface area contributed by atoms with Crippen LogP contribution in [0.3, 0.4) is 0 Å². The summed E-state index contributed by atoms with van der Waals surface area (Å²) in [6.45, 7) is 2.00. The van der Waals surface area contributed by atoms with E-state index in [-0.39, 0.29) is 5.56 Å². The van der Waals surface area contributed by atoms with E-state index in [4.69, 9.17) is 4.98 Å². The maximum Gasteiger partial charge on any atom is 0.285 e. The van der Waals surface area contributed by atoms with E-state index >= 15 is 0 Å². The fourth-order valence-electron chi connectivity index (χ4n) is 2.45. The molecule has 0 aliphatic carbocycles. The molecule has 0 amide bonds. The molecular formula is C15H9BrN4OS. The molecule has 0 unspecified atom stereocenters. The van der Waals surface area contributed by atoms with E-state index in [2.05, 4.69) is 31.3 Å². The number of rotatable bonds is 1. The number of hydrogen-bond donors (Lipinski definition) is 1. The molecule has 1 N–H and O–H groups in total. The lowest BCUT2D eigenvalue weighted by molar-refractivity contribution is 0.876. The van der Waals surface area contributed by atoms with E-state index in [1.54, 1.807) is 0 Å². The molecular weight excluding hydrogens is 364 g/mol. The minimum atomic E-state index is -0.224. The molecule has 0 fully saturated rings. The average Bonchev–Trinajstić information content (AvgIpc) is 2.88. The number of fused-ring (bicyclic) bond motifs is 3. The van der Waals surface area contributed by atoms with Crippen molar-refractivity contribution >= 4 is 47.7 Å². The number of aromatic nitrogens is 4. The number of aryl methyl sites for hydroxylation is 1. The molecule has 4 aromatic rings. The van der Waals surface area contributed by atoms with Gasteiger partial charge in [0.25, 0.3) is 5.56 Å². The highest BCUT2D eigenvalue weighted by molar-refractivity contribution is 9.10. The minimum Gasteiger partial charge on any atom is -0.266 e. The minimum absolute atomic E-state index is 0.224. The van der Waals surface area contributed by atoms with E-state index < -0.39 is 0 Å². The van der Waals surface area contributed by atoms with Crippen molar-refractivity contribution in [1.29, 1.82) is 0 Å². The first-order valence-corrected chi connectivity index (χ1v) is 8.15. The second kappa shape index (κ2) is 4.96. The zero-order valence-electron chi connectivity index (χ0n) is 11.4. The summed E-state index contributed by atoms with van der Waals surface area (Å²) in [5.74, 6) is 0. The number of nitrogens with zero attached hydrogens (tertiary/aromatic N) is 3. The van der Waals surface area contributed by atoms with Gasteiger partial charge >= 0.3 is 0 Å². The number of hydrogen-bond acceptors (Lipinski definition) is 5. The van der Waals surface area contributed by atoms with Crippen LogP contribution in [0.2, 0.25) is 0 Å². The van der Waals surface area contributed by atoms with Crippen molar-refractivity contribution in [2.24, 2.45) is 0 Å². The number of thiophene rings is 1. The Bertz CT molecular complexity index is 1070.